The largest absolute Gasteiger partial charge is 0.462 e. The summed E-state index contributed by atoms with van der Waals surface area (Å²) in [4.78, 5) is 68.6. The molecule has 3 atom stereocenters. The predicted molar refractivity (Wildman–Crippen MR) is 138 cm³/mol. The molecule has 9 heteroatoms. The lowest BCUT2D eigenvalue weighted by Crippen LogP contribution is -2.51. The van der Waals surface area contributed by atoms with Gasteiger partial charge in [-0.3, -0.25) is 19.2 Å². The van der Waals surface area contributed by atoms with Gasteiger partial charge >= 0.3 is 5.97 Å². The first-order chi connectivity index (χ1) is 18.3. The van der Waals surface area contributed by atoms with Crippen molar-refractivity contribution < 1.29 is 33.4 Å². The highest BCUT2D eigenvalue weighted by molar-refractivity contribution is 9.10. The number of imide groups is 1. The molecule has 2 heterocycles. The number of benzene rings is 3. The van der Waals surface area contributed by atoms with Crippen LogP contribution in [0.25, 0.3) is 0 Å². The Balaban J connectivity index is 1.48. The van der Waals surface area contributed by atoms with E-state index >= 15 is 0 Å². The van der Waals surface area contributed by atoms with Crippen molar-refractivity contribution in [3.63, 3.8) is 0 Å². The summed E-state index contributed by atoms with van der Waals surface area (Å²) in [5.74, 6) is -5.54. The molecule has 2 fully saturated rings. The van der Waals surface area contributed by atoms with Gasteiger partial charge in [-0.15, -0.1) is 0 Å². The molecule has 3 aromatic carbocycles. The lowest BCUT2D eigenvalue weighted by atomic mass is 9.77. The van der Waals surface area contributed by atoms with Crippen LogP contribution in [0.1, 0.15) is 49.7 Å². The summed E-state index contributed by atoms with van der Waals surface area (Å²) in [7, 11) is 0. The number of ketones is 2. The normalized spacial score (nSPS) is 23.2. The van der Waals surface area contributed by atoms with Crippen molar-refractivity contribution in [2.75, 3.05) is 11.5 Å². The van der Waals surface area contributed by atoms with Crippen LogP contribution in [0.3, 0.4) is 0 Å². The number of esters is 1. The number of hydrogen-bond donors (Lipinski definition) is 0. The van der Waals surface area contributed by atoms with E-state index in [-0.39, 0.29) is 29.0 Å². The fraction of sp³-hybridized carbons (Fsp3) is 0.207. The first kappa shape index (κ1) is 24.4. The van der Waals surface area contributed by atoms with Crippen molar-refractivity contribution in [3.8, 4) is 0 Å². The second-order valence-corrected chi connectivity index (χ2v) is 10.1. The second-order valence-electron chi connectivity index (χ2n) is 9.28. The monoisotopic (exact) mass is 573 g/mol. The minimum Gasteiger partial charge on any atom is -0.462 e. The van der Waals surface area contributed by atoms with Crippen molar-refractivity contribution in [2.45, 2.75) is 18.6 Å². The summed E-state index contributed by atoms with van der Waals surface area (Å²) in [5, 5.41) is 0. The fourth-order valence-electron chi connectivity index (χ4n) is 5.72. The van der Waals surface area contributed by atoms with Crippen LogP contribution in [-0.4, -0.2) is 41.6 Å². The number of amides is 2. The summed E-state index contributed by atoms with van der Waals surface area (Å²) in [6.45, 7) is 1.89. The van der Waals surface area contributed by atoms with Gasteiger partial charge in [0.1, 0.15) is 0 Å². The molecule has 0 unspecified atom stereocenters. The van der Waals surface area contributed by atoms with E-state index in [2.05, 4.69) is 15.9 Å². The number of rotatable bonds is 4. The number of anilines is 1. The standard InChI is InChI=1S/C29H20BrNO7/c1-2-37-28(36)15-11-13-16(14-12-15)31-26(34)21-22(27(31)35)29(38-23(21)19-9-5-6-10-20(19)30)24(32)17-7-3-4-8-18(17)25(29)33/h3-14,21-23H,2H2,1H3/t21-,22+,23+/m0/s1. The number of Topliss-reactive ketones (excluding diaryl/α,β-unsaturated/α-hetero) is 2. The molecule has 38 heavy (non-hydrogen) atoms. The Morgan fingerprint density at radius 2 is 1.50 bits per heavy atom. The SMILES string of the molecule is CCOC(=O)c1ccc(N2C(=O)[C@@H]3[C@@H](c4ccccc4Br)OC4(C(=O)c5ccccc5C4=O)[C@H]3C2=O)cc1. The zero-order valence-corrected chi connectivity index (χ0v) is 21.6. The maximum atomic E-state index is 14.0. The average molecular weight is 574 g/mol. The molecule has 0 bridgehead atoms. The van der Waals surface area contributed by atoms with Crippen LogP contribution in [0.4, 0.5) is 5.69 Å². The molecule has 0 N–H and O–H groups in total. The van der Waals surface area contributed by atoms with Gasteiger partial charge in [0.25, 0.3) is 0 Å². The van der Waals surface area contributed by atoms with Crippen LogP contribution in [0.2, 0.25) is 0 Å². The molecule has 190 valence electrons. The average Bonchev–Trinajstić information content (AvgIpc) is 3.49. The lowest BCUT2D eigenvalue weighted by Gasteiger charge is -2.27. The molecule has 3 aromatic rings. The molecular weight excluding hydrogens is 554 g/mol. The van der Waals surface area contributed by atoms with Crippen molar-refractivity contribution >= 4 is 51.0 Å². The van der Waals surface area contributed by atoms with E-state index in [0.29, 0.717) is 10.0 Å². The molecular formula is C29H20BrNO7. The Morgan fingerprint density at radius 1 is 0.895 bits per heavy atom. The second kappa shape index (κ2) is 8.82. The van der Waals surface area contributed by atoms with E-state index in [0.717, 1.165) is 4.90 Å². The number of ether oxygens (including phenoxy) is 2. The van der Waals surface area contributed by atoms with Crippen molar-refractivity contribution in [3.05, 3.63) is 99.5 Å². The van der Waals surface area contributed by atoms with Crippen LogP contribution in [-0.2, 0) is 19.1 Å². The maximum Gasteiger partial charge on any atom is 0.338 e. The number of halogens is 1. The van der Waals surface area contributed by atoms with Gasteiger partial charge in [0.05, 0.1) is 35.8 Å². The molecule has 1 aliphatic carbocycles. The van der Waals surface area contributed by atoms with Crippen LogP contribution >= 0.6 is 15.9 Å². The Bertz CT molecular complexity index is 1510. The molecule has 2 amide bonds. The first-order valence-corrected chi connectivity index (χ1v) is 12.9. The Labute approximate surface area is 225 Å². The minimum atomic E-state index is -2.15. The number of hydrogen-bond acceptors (Lipinski definition) is 7. The molecule has 6 rings (SSSR count). The number of carbonyl (C=O) groups is 5. The van der Waals surface area contributed by atoms with Crippen molar-refractivity contribution in [2.24, 2.45) is 11.8 Å². The number of carbonyl (C=O) groups excluding carboxylic acids is 5. The van der Waals surface area contributed by atoms with E-state index in [1.807, 2.05) is 0 Å². The first-order valence-electron chi connectivity index (χ1n) is 12.1. The van der Waals surface area contributed by atoms with Crippen LogP contribution < -0.4 is 4.90 Å². The highest BCUT2D eigenvalue weighted by Gasteiger charge is 2.74. The van der Waals surface area contributed by atoms with Gasteiger partial charge in [0.15, 0.2) is 0 Å². The van der Waals surface area contributed by atoms with Crippen LogP contribution in [0.5, 0.6) is 0 Å². The van der Waals surface area contributed by atoms with Gasteiger partial charge in [0, 0.05) is 15.6 Å². The third-order valence-electron chi connectivity index (χ3n) is 7.37. The van der Waals surface area contributed by atoms with Gasteiger partial charge < -0.3 is 9.47 Å². The Hall–Kier alpha value is -3.95. The van der Waals surface area contributed by atoms with Gasteiger partial charge in [0.2, 0.25) is 29.0 Å². The predicted octanol–water partition coefficient (Wildman–Crippen LogP) is 4.32. The Kier molecular flexibility index (Phi) is 5.66. The van der Waals surface area contributed by atoms with E-state index in [4.69, 9.17) is 9.47 Å². The molecule has 2 saturated heterocycles. The Morgan fingerprint density at radius 3 is 2.11 bits per heavy atom. The topological polar surface area (TPSA) is 107 Å². The van der Waals surface area contributed by atoms with Crippen LogP contribution in [0, 0.1) is 11.8 Å². The molecule has 1 spiro atoms. The zero-order chi connectivity index (χ0) is 26.8. The number of fused-ring (bicyclic) bond motifs is 3. The summed E-state index contributed by atoms with van der Waals surface area (Å²) >= 11 is 3.48. The third-order valence-corrected chi connectivity index (χ3v) is 8.09. The molecule has 0 saturated carbocycles. The highest BCUT2D eigenvalue weighted by atomic mass is 79.9. The fourth-order valence-corrected chi connectivity index (χ4v) is 6.23. The molecule has 8 nitrogen and oxygen atoms in total. The molecule has 2 aliphatic heterocycles. The van der Waals surface area contributed by atoms with E-state index in [1.54, 1.807) is 43.3 Å². The van der Waals surface area contributed by atoms with Gasteiger partial charge in [-0.05, 0) is 42.8 Å². The van der Waals surface area contributed by atoms with Crippen LogP contribution in [0.15, 0.2) is 77.3 Å². The molecule has 0 aromatic heterocycles. The third kappa shape index (κ3) is 3.21. The van der Waals surface area contributed by atoms with Crippen molar-refractivity contribution in [1.29, 1.82) is 0 Å². The summed E-state index contributed by atoms with van der Waals surface area (Å²) < 4.78 is 11.9. The number of nitrogens with zero attached hydrogens (tertiary/aromatic N) is 1. The lowest BCUT2D eigenvalue weighted by molar-refractivity contribution is -0.127. The molecule has 0 radical (unpaired) electrons. The van der Waals surface area contributed by atoms with E-state index < -0.39 is 52.9 Å². The maximum absolute atomic E-state index is 14.0. The molecule has 3 aliphatic rings. The van der Waals surface area contributed by atoms with Gasteiger partial charge in [-0.25, -0.2) is 9.69 Å². The highest BCUT2D eigenvalue weighted by Crippen LogP contribution is 2.58. The van der Waals surface area contributed by atoms with Gasteiger partial charge in [-0.2, -0.15) is 0 Å². The summed E-state index contributed by atoms with van der Waals surface area (Å²) in [6, 6.07) is 19.2. The zero-order valence-electron chi connectivity index (χ0n) is 20.1. The minimum absolute atomic E-state index is 0.168. The summed E-state index contributed by atoms with van der Waals surface area (Å²) in [5.41, 5.74) is -0.781. The van der Waals surface area contributed by atoms with Crippen molar-refractivity contribution in [1.82, 2.24) is 0 Å². The quantitative estimate of drug-likeness (QED) is 0.260. The van der Waals surface area contributed by atoms with E-state index in [9.17, 15) is 24.0 Å². The smallest absolute Gasteiger partial charge is 0.338 e. The summed E-state index contributed by atoms with van der Waals surface area (Å²) in [6.07, 6.45) is -1.03. The van der Waals surface area contributed by atoms with E-state index in [1.165, 1.54) is 36.4 Å². The van der Waals surface area contributed by atoms with Gasteiger partial charge in [-0.1, -0.05) is 58.4 Å².